The van der Waals surface area contributed by atoms with E-state index in [0.29, 0.717) is 23.3 Å². The molecule has 10 nitrogen and oxygen atoms in total. The Bertz CT molecular complexity index is 1310. The van der Waals surface area contributed by atoms with Crippen LogP contribution in [0.1, 0.15) is 33.7 Å². The van der Waals surface area contributed by atoms with Gasteiger partial charge in [0.2, 0.25) is 5.91 Å². The molecule has 3 heterocycles. The van der Waals surface area contributed by atoms with Crippen molar-refractivity contribution in [2.45, 2.75) is 19.9 Å². The number of nitrogens with two attached hydrogens (primary N) is 1. The van der Waals surface area contributed by atoms with E-state index in [1.807, 2.05) is 0 Å². The number of nitrogens with one attached hydrogen (secondary N) is 1. The number of aryl methyl sites for hydroxylation is 1. The number of pyridine rings is 1. The van der Waals surface area contributed by atoms with Crippen molar-refractivity contribution >= 4 is 52.1 Å². The Morgan fingerprint density at radius 2 is 2.15 bits per heavy atom. The largest absolute Gasteiger partial charge is 0.404 e. The van der Waals surface area contributed by atoms with Crippen molar-refractivity contribution in [1.82, 2.24) is 19.5 Å². The van der Waals surface area contributed by atoms with Gasteiger partial charge in [-0.15, -0.1) is 11.3 Å². The number of aromatic nitrogens is 3. The first kappa shape index (κ1) is 24.7. The van der Waals surface area contributed by atoms with E-state index in [1.54, 1.807) is 38.1 Å². The zero-order valence-corrected chi connectivity index (χ0v) is 20.1. The molecule has 0 aliphatic rings. The third kappa shape index (κ3) is 5.52. The molecule has 0 bridgehead atoms. The molecule has 0 saturated carbocycles. The van der Waals surface area contributed by atoms with E-state index in [1.165, 1.54) is 41.6 Å². The minimum absolute atomic E-state index is 0.0527. The van der Waals surface area contributed by atoms with Crippen LogP contribution in [0.4, 0.5) is 10.2 Å². The summed E-state index contributed by atoms with van der Waals surface area (Å²) in [6.07, 6.45) is 5.98. The fourth-order valence-electron chi connectivity index (χ4n) is 3.26. The van der Waals surface area contributed by atoms with Crippen LogP contribution in [0.15, 0.2) is 34.0 Å². The molecule has 178 valence electrons. The zero-order valence-electron chi connectivity index (χ0n) is 19.2. The number of aliphatic imine (C=N–C) groups is 1. The third-order valence-corrected chi connectivity index (χ3v) is 5.89. The second-order valence-corrected chi connectivity index (χ2v) is 8.49. The molecule has 0 spiro atoms. The van der Waals surface area contributed by atoms with Gasteiger partial charge in [-0.1, -0.05) is 0 Å². The third-order valence-electron chi connectivity index (χ3n) is 4.81. The fourth-order valence-corrected chi connectivity index (χ4v) is 4.41. The summed E-state index contributed by atoms with van der Waals surface area (Å²) in [5.41, 5.74) is 8.31. The number of hydrazone groups is 1. The maximum Gasteiger partial charge on any atom is 0.222 e. The van der Waals surface area contributed by atoms with Crippen molar-refractivity contribution in [1.29, 1.82) is 0 Å². The van der Waals surface area contributed by atoms with Crippen LogP contribution in [0.25, 0.3) is 10.3 Å². The van der Waals surface area contributed by atoms with E-state index in [0.717, 1.165) is 21.6 Å². The maximum atomic E-state index is 14.2. The molecular formula is C22H25FN8O2S. The van der Waals surface area contributed by atoms with Gasteiger partial charge in [-0.2, -0.15) is 5.10 Å². The molecule has 1 amide bonds. The number of hydrogen-bond donors (Lipinski definition) is 2. The minimum atomic E-state index is -0.515. The van der Waals surface area contributed by atoms with Gasteiger partial charge in [-0.25, -0.2) is 14.4 Å². The summed E-state index contributed by atoms with van der Waals surface area (Å²) in [5, 5.41) is 9.22. The maximum absolute atomic E-state index is 14.2. The van der Waals surface area contributed by atoms with Gasteiger partial charge in [0.05, 0.1) is 28.8 Å². The number of amides is 1. The smallest absolute Gasteiger partial charge is 0.222 e. The summed E-state index contributed by atoms with van der Waals surface area (Å²) < 4.78 is 16.7. The average Bonchev–Trinajstić information content (AvgIpc) is 3.30. The Morgan fingerprint density at radius 3 is 2.79 bits per heavy atom. The lowest BCUT2D eigenvalue weighted by Gasteiger charge is -2.13. The number of nitrogens with zero attached hydrogens (tertiary/aromatic N) is 6. The Balaban J connectivity index is 1.87. The molecule has 0 saturated heterocycles. The number of hydrogen-bond acceptors (Lipinski definition) is 9. The normalized spacial score (nSPS) is 12.2. The predicted molar refractivity (Wildman–Crippen MR) is 132 cm³/mol. The van der Waals surface area contributed by atoms with Gasteiger partial charge >= 0.3 is 0 Å². The number of fused-ring (bicyclic) bond motifs is 1. The standard InChI is InChI=1S/C22H25FN8O2S/c1-13(33)27-19-6-5-16(23)17(28-19)11-30(3)26-10-15-18(12-32)31(4)22-21(15)34-20(29-22)7-14(8-24)9-25-2/h5-6,8-10,12H,7,11,24H2,1-4H3,(H,27,28,33)/b14-8?,25-9?,26-10-. The molecule has 3 aromatic rings. The Kier molecular flexibility index (Phi) is 7.84. The van der Waals surface area contributed by atoms with E-state index in [9.17, 15) is 14.0 Å². The van der Waals surface area contributed by atoms with Crippen molar-refractivity contribution in [3.63, 3.8) is 0 Å². The van der Waals surface area contributed by atoms with Crippen molar-refractivity contribution in [3.05, 3.63) is 51.7 Å². The van der Waals surface area contributed by atoms with Crippen LogP contribution < -0.4 is 11.1 Å². The van der Waals surface area contributed by atoms with Crippen LogP contribution in [0.5, 0.6) is 0 Å². The second kappa shape index (κ2) is 10.8. The number of halogens is 1. The van der Waals surface area contributed by atoms with Gasteiger partial charge in [0, 0.05) is 46.3 Å². The van der Waals surface area contributed by atoms with E-state index >= 15 is 0 Å². The topological polar surface area (TPSA) is 131 Å². The summed E-state index contributed by atoms with van der Waals surface area (Å²) in [5.74, 6) is -0.560. The Morgan fingerprint density at radius 1 is 1.38 bits per heavy atom. The molecule has 34 heavy (non-hydrogen) atoms. The van der Waals surface area contributed by atoms with Gasteiger partial charge in [-0.3, -0.25) is 19.6 Å². The quantitative estimate of drug-likeness (QED) is 0.273. The Hall–Kier alpha value is -3.93. The number of rotatable bonds is 9. The first-order valence-corrected chi connectivity index (χ1v) is 11.0. The fraction of sp³-hybridized carbons (Fsp3) is 0.273. The first-order chi connectivity index (χ1) is 16.3. The minimum Gasteiger partial charge on any atom is -0.404 e. The van der Waals surface area contributed by atoms with E-state index in [4.69, 9.17) is 5.73 Å². The van der Waals surface area contributed by atoms with Crippen LogP contribution in [0.2, 0.25) is 0 Å². The highest BCUT2D eigenvalue weighted by Gasteiger charge is 2.19. The predicted octanol–water partition coefficient (Wildman–Crippen LogP) is 2.49. The Labute approximate surface area is 199 Å². The molecule has 0 atom stereocenters. The lowest BCUT2D eigenvalue weighted by Crippen LogP contribution is -2.15. The number of allylic oxidation sites excluding steroid dienone is 1. The number of carbonyl (C=O) groups is 2. The molecule has 3 rings (SSSR count). The van der Waals surface area contributed by atoms with E-state index < -0.39 is 5.82 Å². The first-order valence-electron chi connectivity index (χ1n) is 10.2. The van der Waals surface area contributed by atoms with E-state index in [-0.39, 0.29) is 24.0 Å². The van der Waals surface area contributed by atoms with Crippen molar-refractivity contribution < 1.29 is 14.0 Å². The van der Waals surface area contributed by atoms with Crippen molar-refractivity contribution in [2.75, 3.05) is 19.4 Å². The summed E-state index contributed by atoms with van der Waals surface area (Å²) in [4.78, 5) is 35.8. The molecule has 0 unspecified atom stereocenters. The molecule has 0 aliphatic carbocycles. The highest BCUT2D eigenvalue weighted by molar-refractivity contribution is 7.19. The number of aldehydes is 1. The molecular weight excluding hydrogens is 459 g/mol. The number of thiazole rings is 1. The van der Waals surface area contributed by atoms with Gasteiger partial charge in [0.25, 0.3) is 0 Å². The van der Waals surface area contributed by atoms with Crippen LogP contribution in [-0.2, 0) is 24.8 Å². The van der Waals surface area contributed by atoms with Crippen molar-refractivity contribution in [2.24, 2.45) is 22.9 Å². The van der Waals surface area contributed by atoms with Gasteiger partial charge in [0.15, 0.2) is 11.9 Å². The summed E-state index contributed by atoms with van der Waals surface area (Å²) >= 11 is 1.44. The SMILES string of the molecule is CN=CC(=CN)Cc1nc2c(s1)c(/C=N\N(C)Cc1nc(NC(C)=O)ccc1F)c(C=O)n2C. The molecule has 3 aromatic heterocycles. The second-order valence-electron chi connectivity index (χ2n) is 7.41. The summed E-state index contributed by atoms with van der Waals surface area (Å²) in [7, 11) is 5.08. The van der Waals surface area contributed by atoms with Crippen molar-refractivity contribution in [3.8, 4) is 0 Å². The van der Waals surface area contributed by atoms with Crippen LogP contribution in [0.3, 0.4) is 0 Å². The van der Waals surface area contributed by atoms with Gasteiger partial charge in [0.1, 0.15) is 16.6 Å². The molecule has 0 aromatic carbocycles. The van der Waals surface area contributed by atoms with Crippen LogP contribution >= 0.6 is 11.3 Å². The molecule has 12 heteroatoms. The van der Waals surface area contributed by atoms with Crippen LogP contribution in [0, 0.1) is 5.82 Å². The highest BCUT2D eigenvalue weighted by Crippen LogP contribution is 2.30. The molecule has 0 aliphatic heterocycles. The average molecular weight is 485 g/mol. The molecule has 0 radical (unpaired) electrons. The van der Waals surface area contributed by atoms with Gasteiger partial charge in [-0.05, 0) is 23.9 Å². The summed E-state index contributed by atoms with van der Waals surface area (Å²) in [6, 6.07) is 2.63. The van der Waals surface area contributed by atoms with Crippen LogP contribution in [-0.4, -0.2) is 58.3 Å². The zero-order chi connectivity index (χ0) is 24.8. The molecule has 3 N–H and O–H groups in total. The number of carbonyl (C=O) groups excluding carboxylic acids is 2. The lowest BCUT2D eigenvalue weighted by atomic mass is 10.2. The number of anilines is 1. The van der Waals surface area contributed by atoms with E-state index in [2.05, 4.69) is 25.4 Å². The molecule has 0 fully saturated rings. The monoisotopic (exact) mass is 484 g/mol. The lowest BCUT2D eigenvalue weighted by molar-refractivity contribution is -0.114. The van der Waals surface area contributed by atoms with Gasteiger partial charge < -0.3 is 15.6 Å². The summed E-state index contributed by atoms with van der Waals surface area (Å²) in [6.45, 7) is 1.40. The highest BCUT2D eigenvalue weighted by atomic mass is 32.1.